The second kappa shape index (κ2) is 9.48. The fraction of sp³-hybridized carbons (Fsp3) is 0.417. The first-order valence-electron chi connectivity index (χ1n) is 11.0. The average Bonchev–Trinajstić information content (AvgIpc) is 3.20. The van der Waals surface area contributed by atoms with Crippen LogP contribution in [0, 0.1) is 5.92 Å². The van der Waals surface area contributed by atoms with Crippen molar-refractivity contribution >= 4 is 11.6 Å². The molecule has 1 aliphatic rings. The van der Waals surface area contributed by atoms with E-state index in [9.17, 15) is 4.79 Å². The number of benzene rings is 1. The van der Waals surface area contributed by atoms with Gasteiger partial charge in [-0.15, -0.1) is 0 Å². The van der Waals surface area contributed by atoms with Gasteiger partial charge >= 0.3 is 0 Å². The minimum absolute atomic E-state index is 0.0540. The number of ether oxygens (including phenoxy) is 1. The molecule has 1 fully saturated rings. The van der Waals surface area contributed by atoms with E-state index in [-0.39, 0.29) is 11.7 Å². The zero-order valence-electron chi connectivity index (χ0n) is 18.9. The number of hydrogen-bond acceptors (Lipinski definition) is 7. The Morgan fingerprint density at radius 2 is 1.91 bits per heavy atom. The minimum Gasteiger partial charge on any atom is -0.497 e. The number of nitrogens with two attached hydrogens (primary N) is 1. The largest absolute Gasteiger partial charge is 0.497 e. The van der Waals surface area contributed by atoms with Gasteiger partial charge in [-0.05, 0) is 43.7 Å². The highest BCUT2D eigenvalue weighted by Gasteiger charge is 2.29. The van der Waals surface area contributed by atoms with Gasteiger partial charge in [0.1, 0.15) is 17.4 Å². The van der Waals surface area contributed by atoms with Crippen molar-refractivity contribution in [2.45, 2.75) is 39.2 Å². The van der Waals surface area contributed by atoms with Crippen LogP contribution in [0.15, 0.2) is 42.9 Å². The van der Waals surface area contributed by atoms with Crippen LogP contribution in [0.25, 0.3) is 5.69 Å². The van der Waals surface area contributed by atoms with Gasteiger partial charge in [-0.25, -0.2) is 14.6 Å². The first kappa shape index (κ1) is 22.0. The van der Waals surface area contributed by atoms with E-state index in [1.807, 2.05) is 36.7 Å². The predicted octanol–water partition coefficient (Wildman–Crippen LogP) is 3.47. The summed E-state index contributed by atoms with van der Waals surface area (Å²) in [6.45, 7) is 6.55. The van der Waals surface area contributed by atoms with Crippen molar-refractivity contribution in [2.75, 3.05) is 25.9 Å². The van der Waals surface area contributed by atoms with E-state index in [0.717, 1.165) is 48.8 Å². The molecule has 1 atom stereocenters. The number of likely N-dealkylation sites (tertiary alicyclic amines) is 1. The van der Waals surface area contributed by atoms with Gasteiger partial charge in [-0.3, -0.25) is 9.69 Å². The smallest absolute Gasteiger partial charge is 0.172 e. The van der Waals surface area contributed by atoms with Gasteiger partial charge in [0.25, 0.3) is 0 Å². The summed E-state index contributed by atoms with van der Waals surface area (Å²) in [6.07, 6.45) is 7.19. The van der Waals surface area contributed by atoms with E-state index in [1.165, 1.54) is 0 Å². The molecule has 3 aromatic rings. The van der Waals surface area contributed by atoms with Crippen molar-refractivity contribution in [1.82, 2.24) is 24.6 Å². The highest BCUT2D eigenvalue weighted by atomic mass is 16.5. The van der Waals surface area contributed by atoms with Crippen LogP contribution < -0.4 is 10.5 Å². The molecule has 2 N–H and O–H groups in total. The number of piperidine rings is 1. The molecule has 0 unspecified atom stereocenters. The standard InChI is InChI=1S/C24H30N6O2/c1-16(2)24-26-11-17(12-27-24)14-29-10-4-5-18(15-29)22(31)21-13-28-30(23(21)25)19-6-8-20(32-3)9-7-19/h6-9,11-13,16,18H,4-5,10,14-15,25H2,1-3H3/t18-/m0/s1. The molecule has 0 bridgehead atoms. The van der Waals surface area contributed by atoms with Gasteiger partial charge < -0.3 is 10.5 Å². The topological polar surface area (TPSA) is 99.2 Å². The van der Waals surface area contributed by atoms with Crippen molar-refractivity contribution in [3.05, 3.63) is 59.8 Å². The number of nitrogen functional groups attached to an aromatic ring is 1. The number of Topliss-reactive ketones (excluding diaryl/α,β-unsaturated/α-hetero) is 1. The molecule has 32 heavy (non-hydrogen) atoms. The van der Waals surface area contributed by atoms with Crippen LogP contribution in [0.2, 0.25) is 0 Å². The zero-order valence-corrected chi connectivity index (χ0v) is 18.9. The van der Waals surface area contributed by atoms with E-state index in [4.69, 9.17) is 10.5 Å². The summed E-state index contributed by atoms with van der Waals surface area (Å²) < 4.78 is 6.80. The Kier molecular flexibility index (Phi) is 6.50. The molecule has 0 spiro atoms. The van der Waals surface area contributed by atoms with Crippen LogP contribution >= 0.6 is 0 Å². The fourth-order valence-corrected chi connectivity index (χ4v) is 4.11. The van der Waals surface area contributed by atoms with E-state index in [1.54, 1.807) is 18.0 Å². The predicted molar refractivity (Wildman–Crippen MR) is 123 cm³/mol. The average molecular weight is 435 g/mol. The van der Waals surface area contributed by atoms with Crippen LogP contribution in [-0.2, 0) is 6.54 Å². The molecule has 0 radical (unpaired) electrons. The number of nitrogens with zero attached hydrogens (tertiary/aromatic N) is 5. The molecule has 3 heterocycles. The molecular formula is C24H30N6O2. The molecule has 1 saturated heterocycles. The number of ketones is 1. The van der Waals surface area contributed by atoms with Crippen molar-refractivity contribution < 1.29 is 9.53 Å². The lowest BCUT2D eigenvalue weighted by atomic mass is 9.90. The highest BCUT2D eigenvalue weighted by Crippen LogP contribution is 2.26. The summed E-state index contributed by atoms with van der Waals surface area (Å²) in [5.41, 5.74) is 8.67. The molecule has 1 aliphatic heterocycles. The molecule has 8 nitrogen and oxygen atoms in total. The second-order valence-electron chi connectivity index (χ2n) is 8.60. The Hall–Kier alpha value is -3.26. The zero-order chi connectivity index (χ0) is 22.7. The molecule has 0 saturated carbocycles. The van der Waals surface area contributed by atoms with Gasteiger partial charge in [-0.2, -0.15) is 5.10 Å². The number of rotatable bonds is 7. The third-order valence-electron chi connectivity index (χ3n) is 5.91. The summed E-state index contributed by atoms with van der Waals surface area (Å²) in [5, 5.41) is 4.37. The molecule has 4 rings (SSSR count). The fourth-order valence-electron chi connectivity index (χ4n) is 4.11. The first-order valence-corrected chi connectivity index (χ1v) is 11.0. The molecule has 8 heteroatoms. The van der Waals surface area contributed by atoms with Crippen molar-refractivity contribution in [3.8, 4) is 11.4 Å². The Morgan fingerprint density at radius 3 is 2.56 bits per heavy atom. The molecular weight excluding hydrogens is 404 g/mol. The van der Waals surface area contributed by atoms with E-state index in [2.05, 4.69) is 33.8 Å². The normalized spacial score (nSPS) is 16.9. The van der Waals surface area contributed by atoms with Gasteiger partial charge in [-0.1, -0.05) is 13.8 Å². The Balaban J connectivity index is 1.44. The monoisotopic (exact) mass is 434 g/mol. The highest BCUT2D eigenvalue weighted by molar-refractivity contribution is 6.01. The summed E-state index contributed by atoms with van der Waals surface area (Å²) in [4.78, 5) is 24.5. The number of methoxy groups -OCH3 is 1. The van der Waals surface area contributed by atoms with Gasteiger partial charge in [0.15, 0.2) is 5.78 Å². The van der Waals surface area contributed by atoms with E-state index < -0.39 is 0 Å². The Bertz CT molecular complexity index is 1060. The molecule has 2 aromatic heterocycles. The number of carbonyl (C=O) groups is 1. The Labute approximate surface area is 188 Å². The minimum atomic E-state index is -0.101. The van der Waals surface area contributed by atoms with Crippen LogP contribution in [0.1, 0.15) is 54.4 Å². The maximum atomic E-state index is 13.3. The second-order valence-corrected chi connectivity index (χ2v) is 8.60. The van der Waals surface area contributed by atoms with Crippen molar-refractivity contribution in [3.63, 3.8) is 0 Å². The summed E-state index contributed by atoms with van der Waals surface area (Å²) >= 11 is 0. The quantitative estimate of drug-likeness (QED) is 0.568. The maximum Gasteiger partial charge on any atom is 0.172 e. The maximum absolute atomic E-state index is 13.3. The summed E-state index contributed by atoms with van der Waals surface area (Å²) in [6, 6.07) is 7.42. The number of anilines is 1. The first-order chi connectivity index (χ1) is 15.5. The van der Waals surface area contributed by atoms with Crippen LogP contribution in [-0.4, -0.2) is 50.6 Å². The third kappa shape index (κ3) is 4.65. The summed E-state index contributed by atoms with van der Waals surface area (Å²) in [7, 11) is 1.62. The third-order valence-corrected chi connectivity index (χ3v) is 5.91. The molecule has 168 valence electrons. The lowest BCUT2D eigenvalue weighted by Gasteiger charge is -2.31. The molecule has 1 aromatic carbocycles. The van der Waals surface area contributed by atoms with Crippen molar-refractivity contribution in [1.29, 1.82) is 0 Å². The Morgan fingerprint density at radius 1 is 1.19 bits per heavy atom. The van der Waals surface area contributed by atoms with E-state index in [0.29, 0.717) is 23.8 Å². The van der Waals surface area contributed by atoms with Gasteiger partial charge in [0, 0.05) is 42.9 Å². The molecule has 0 amide bonds. The lowest BCUT2D eigenvalue weighted by molar-refractivity contribution is 0.0812. The van der Waals surface area contributed by atoms with Gasteiger partial charge in [0.2, 0.25) is 0 Å². The number of hydrogen-bond donors (Lipinski definition) is 1. The van der Waals surface area contributed by atoms with Gasteiger partial charge in [0.05, 0.1) is 24.6 Å². The number of carbonyl (C=O) groups excluding carboxylic acids is 1. The van der Waals surface area contributed by atoms with Crippen molar-refractivity contribution in [2.24, 2.45) is 5.92 Å². The van der Waals surface area contributed by atoms with Crippen LogP contribution in [0.5, 0.6) is 5.75 Å². The molecule has 0 aliphatic carbocycles. The van der Waals surface area contributed by atoms with Crippen LogP contribution in [0.3, 0.4) is 0 Å². The SMILES string of the molecule is COc1ccc(-n2ncc(C(=O)[C@H]3CCCN(Cc4cnc(C(C)C)nc4)C3)c2N)cc1. The van der Waals surface area contributed by atoms with E-state index >= 15 is 0 Å². The lowest BCUT2D eigenvalue weighted by Crippen LogP contribution is -2.38. The van der Waals surface area contributed by atoms with Crippen LogP contribution in [0.4, 0.5) is 5.82 Å². The number of aromatic nitrogens is 4. The summed E-state index contributed by atoms with van der Waals surface area (Å²) in [5.74, 6) is 2.24.